The number of rotatable bonds is 27. The molecule has 0 saturated carbocycles. The molecule has 8 atom stereocenters. The number of nitrogens with zero attached hydrogens (tertiary/aromatic N) is 3. The highest BCUT2D eigenvalue weighted by atomic mass is 16.6. The predicted molar refractivity (Wildman–Crippen MR) is 257 cm³/mol. The van der Waals surface area contributed by atoms with E-state index in [-0.39, 0.29) is 68.7 Å². The highest BCUT2D eigenvalue weighted by Gasteiger charge is 2.45. The van der Waals surface area contributed by atoms with Crippen molar-refractivity contribution < 1.29 is 62.4 Å². The van der Waals surface area contributed by atoms with E-state index in [4.69, 9.17) is 18.9 Å². The van der Waals surface area contributed by atoms with Crippen LogP contribution in [0.5, 0.6) is 0 Å². The van der Waals surface area contributed by atoms with E-state index < -0.39 is 96.2 Å². The van der Waals surface area contributed by atoms with Crippen LogP contribution in [0.2, 0.25) is 0 Å². The van der Waals surface area contributed by atoms with Crippen molar-refractivity contribution in [3.8, 4) is 0 Å². The van der Waals surface area contributed by atoms with Crippen LogP contribution in [-0.2, 0) is 70.1 Å². The predicted octanol–water partition coefficient (Wildman–Crippen LogP) is 5.25. The van der Waals surface area contributed by atoms with Crippen molar-refractivity contribution in [3.63, 3.8) is 0 Å². The number of hydrogen-bond acceptors (Lipinski definition) is 13. The average molecular weight is 965 g/mol. The van der Waals surface area contributed by atoms with Crippen molar-refractivity contribution in [3.05, 3.63) is 71.8 Å². The molecular weight excluding hydrogens is 889 g/mol. The van der Waals surface area contributed by atoms with Gasteiger partial charge in [-0.25, -0.2) is 19.2 Å². The van der Waals surface area contributed by atoms with Crippen molar-refractivity contribution in [2.45, 2.75) is 156 Å². The molecule has 1 saturated heterocycles. The second-order valence-corrected chi connectivity index (χ2v) is 19.7. The van der Waals surface area contributed by atoms with Crippen LogP contribution in [0.1, 0.15) is 106 Å². The topological polar surface area (TPSA) is 215 Å². The van der Waals surface area contributed by atoms with Gasteiger partial charge in [0.15, 0.2) is 18.3 Å². The fourth-order valence-corrected chi connectivity index (χ4v) is 8.21. The summed E-state index contributed by atoms with van der Waals surface area (Å²) in [6, 6.07) is 13.3. The van der Waals surface area contributed by atoms with Gasteiger partial charge in [-0.2, -0.15) is 0 Å². The van der Waals surface area contributed by atoms with E-state index in [1.165, 1.54) is 25.9 Å². The second kappa shape index (κ2) is 27.4. The van der Waals surface area contributed by atoms with Crippen LogP contribution in [0, 0.1) is 23.7 Å². The van der Waals surface area contributed by atoms with Crippen LogP contribution in [-0.4, -0.2) is 144 Å². The third-order valence-corrected chi connectivity index (χ3v) is 11.9. The first-order valence-electron chi connectivity index (χ1n) is 24.1. The molecule has 0 spiro atoms. The van der Waals surface area contributed by atoms with Crippen LogP contribution in [0.3, 0.4) is 0 Å². The third-order valence-electron chi connectivity index (χ3n) is 11.9. The van der Waals surface area contributed by atoms with Gasteiger partial charge in [-0.05, 0) is 74.5 Å². The summed E-state index contributed by atoms with van der Waals surface area (Å²) in [5.41, 5.74) is 1.28. The fourth-order valence-electron chi connectivity index (χ4n) is 8.21. The Morgan fingerprint density at radius 1 is 0.623 bits per heavy atom. The van der Waals surface area contributed by atoms with E-state index in [1.807, 2.05) is 55.4 Å². The number of hydrogen-bond donors (Lipinski definition) is 2. The van der Waals surface area contributed by atoms with Gasteiger partial charge in [-0.15, -0.1) is 0 Å². The molecule has 2 aromatic carbocycles. The van der Waals surface area contributed by atoms with E-state index in [2.05, 4.69) is 5.32 Å². The largest absolute Gasteiger partial charge is 0.478 e. The van der Waals surface area contributed by atoms with Gasteiger partial charge in [0.25, 0.3) is 17.7 Å². The number of carbonyl (C=O) groups is 8. The Morgan fingerprint density at radius 3 is 1.54 bits per heavy atom. The molecule has 1 heterocycles. The lowest BCUT2D eigenvalue weighted by Crippen LogP contribution is -2.53. The van der Waals surface area contributed by atoms with Gasteiger partial charge in [0.05, 0.1) is 0 Å². The molecule has 0 radical (unpaired) electrons. The van der Waals surface area contributed by atoms with E-state index in [0.29, 0.717) is 17.5 Å². The molecule has 0 aromatic heterocycles. The molecule has 382 valence electrons. The molecule has 0 unspecified atom stereocenters. The first-order chi connectivity index (χ1) is 32.4. The summed E-state index contributed by atoms with van der Waals surface area (Å²) < 4.78 is 23.0. The molecule has 1 aliphatic heterocycles. The average Bonchev–Trinajstić information content (AvgIpc) is 3.65. The molecule has 1 aliphatic rings. The zero-order valence-electron chi connectivity index (χ0n) is 42.5. The zero-order chi connectivity index (χ0) is 51.7. The molecule has 1 fully saturated rings. The normalized spacial score (nSPS) is 16.8. The molecule has 3 amide bonds. The Hall–Kier alpha value is -5.84. The highest BCUT2D eigenvalue weighted by molar-refractivity contribution is 5.93. The lowest BCUT2D eigenvalue weighted by Gasteiger charge is -2.34. The van der Waals surface area contributed by atoms with Crippen molar-refractivity contribution in [1.82, 2.24) is 20.0 Å². The quantitative estimate of drug-likeness (QED) is 0.0865. The van der Waals surface area contributed by atoms with Crippen LogP contribution in [0.25, 0.3) is 0 Å². The van der Waals surface area contributed by atoms with Crippen LogP contribution < -0.4 is 5.32 Å². The fraction of sp³-hybridized carbons (Fsp3) is 0.615. The molecule has 0 bridgehead atoms. The van der Waals surface area contributed by atoms with Crippen LogP contribution >= 0.6 is 0 Å². The molecule has 17 heteroatoms. The maximum atomic E-state index is 14.7. The van der Waals surface area contributed by atoms with E-state index in [0.717, 1.165) is 9.80 Å². The van der Waals surface area contributed by atoms with E-state index in [9.17, 15) is 43.5 Å². The maximum Gasteiger partial charge on any atom is 0.345 e. The van der Waals surface area contributed by atoms with Gasteiger partial charge in [0.2, 0.25) is 6.10 Å². The van der Waals surface area contributed by atoms with E-state index in [1.54, 1.807) is 67.7 Å². The molecule has 69 heavy (non-hydrogen) atoms. The second-order valence-electron chi connectivity index (χ2n) is 19.7. The van der Waals surface area contributed by atoms with Gasteiger partial charge < -0.3 is 44.1 Å². The summed E-state index contributed by atoms with van der Waals surface area (Å²) in [5, 5.41) is 12.9. The summed E-state index contributed by atoms with van der Waals surface area (Å²) >= 11 is 0. The molecule has 17 nitrogen and oxygen atoms in total. The zero-order valence-corrected chi connectivity index (χ0v) is 42.5. The summed E-state index contributed by atoms with van der Waals surface area (Å²) in [5.74, 6) is -6.87. The summed E-state index contributed by atoms with van der Waals surface area (Å²) in [4.78, 5) is 113. The molecule has 3 rings (SSSR count). The lowest BCUT2D eigenvalue weighted by atomic mass is 10.0. The number of carbonyl (C=O) groups excluding carboxylic acids is 7. The molecule has 2 aromatic rings. The number of carboxylic acids is 1. The number of nitrogens with one attached hydrogen (secondary N) is 1. The van der Waals surface area contributed by atoms with E-state index >= 15 is 0 Å². The van der Waals surface area contributed by atoms with Crippen molar-refractivity contribution in [1.29, 1.82) is 0 Å². The summed E-state index contributed by atoms with van der Waals surface area (Å²) in [6.45, 7) is 16.5. The Balaban J connectivity index is 1.86. The lowest BCUT2D eigenvalue weighted by molar-refractivity contribution is -0.174. The van der Waals surface area contributed by atoms with Gasteiger partial charge >= 0.3 is 29.8 Å². The maximum absolute atomic E-state index is 14.7. The number of likely N-dealkylation sites (N-methyl/N-ethyl adjacent to an activating group) is 3. The van der Waals surface area contributed by atoms with Crippen molar-refractivity contribution in [2.24, 2.45) is 23.7 Å². The van der Waals surface area contributed by atoms with Gasteiger partial charge in [-0.3, -0.25) is 19.2 Å². The smallest absolute Gasteiger partial charge is 0.345 e. The highest BCUT2D eigenvalue weighted by Crippen LogP contribution is 2.26. The van der Waals surface area contributed by atoms with Gasteiger partial charge in [-0.1, -0.05) is 116 Å². The molecular formula is C52H76N4O13. The Morgan fingerprint density at radius 2 is 1.07 bits per heavy atom. The van der Waals surface area contributed by atoms with Crippen LogP contribution in [0.15, 0.2) is 60.7 Å². The number of esters is 4. The SMILES string of the molecule is CN[C@@H](CC(C)C)C(=O)O[C@@H]1CCN([C@@H](CC(C)C)C(=O)O[C@H](Cc2ccccc2)C(=O)N(C)[C@@H](CC(C)C)C(=O)O[C@H](C)C(=O)N(C)[C@@H](CC(C)C)C(=O)O[C@H](Cc2ccccc2)C(=O)O)C1=O. The minimum Gasteiger partial charge on any atom is -0.478 e. The number of aliphatic carboxylic acids is 1. The first kappa shape index (κ1) is 57.5. The number of likely N-dealkylation sites (tertiary alicyclic amines) is 1. The van der Waals surface area contributed by atoms with Gasteiger partial charge in [0, 0.05) is 39.9 Å². The standard InChI is InChI=1S/C52H76N4O13/c1-31(2)25-38(53-10)49(62)67-42-23-24-56(47(42)59)41(28-34(7)8)52(65)68-43(29-36-19-15-13-16-20-36)46(58)55(12)39(26-32(3)4)50(63)66-35(9)45(57)54(11)40(27-33(5)6)51(64)69-44(48(60)61)30-37-21-17-14-18-22-37/h13-22,31-35,38-44,53H,23-30H2,1-12H3,(H,60,61)/t35-,38+,39+,40+,41+,42-,43-,44-/m1/s1. The summed E-state index contributed by atoms with van der Waals surface area (Å²) in [6.07, 6.45) is -4.67. The van der Waals surface area contributed by atoms with Crippen molar-refractivity contribution in [2.75, 3.05) is 27.7 Å². The van der Waals surface area contributed by atoms with Crippen molar-refractivity contribution >= 4 is 47.6 Å². The molecule has 0 aliphatic carbocycles. The van der Waals surface area contributed by atoms with Gasteiger partial charge in [0.1, 0.15) is 24.2 Å². The van der Waals surface area contributed by atoms with Crippen LogP contribution in [0.4, 0.5) is 0 Å². The monoisotopic (exact) mass is 965 g/mol. The first-order valence-corrected chi connectivity index (χ1v) is 24.1. The number of carboxylic acid groups (broad SMARTS) is 1. The third kappa shape index (κ3) is 17.6. The minimum atomic E-state index is -1.53. The number of ether oxygens (including phenoxy) is 4. The number of benzene rings is 2. The Bertz CT molecular complexity index is 2030. The summed E-state index contributed by atoms with van der Waals surface area (Å²) in [7, 11) is 4.38. The minimum absolute atomic E-state index is 0.0792. The number of amides is 3. The Labute approximate surface area is 407 Å². The molecule has 2 N–H and O–H groups in total. The Kier molecular flexibility index (Phi) is 22.8.